The second kappa shape index (κ2) is 3.63. The number of hydrogen-bond donors (Lipinski definition) is 0. The van der Waals surface area contributed by atoms with Crippen LogP contribution in [0.4, 0.5) is 8.78 Å². The van der Waals surface area contributed by atoms with Gasteiger partial charge >= 0.3 is 0 Å². The highest BCUT2D eigenvalue weighted by molar-refractivity contribution is 7.13. The van der Waals surface area contributed by atoms with E-state index in [1.54, 1.807) is 5.38 Å². The van der Waals surface area contributed by atoms with Crippen LogP contribution in [0, 0.1) is 11.6 Å². The van der Waals surface area contributed by atoms with E-state index in [0.717, 1.165) is 12.1 Å². The molecule has 0 bridgehead atoms. The first kappa shape index (κ1) is 9.55. The van der Waals surface area contributed by atoms with Crippen molar-refractivity contribution in [2.24, 2.45) is 0 Å². The van der Waals surface area contributed by atoms with Crippen LogP contribution in [0.25, 0.3) is 10.6 Å². The van der Waals surface area contributed by atoms with Crippen molar-refractivity contribution in [1.82, 2.24) is 4.98 Å². The molecular weight excluding hydrogens is 228 g/mol. The van der Waals surface area contributed by atoms with E-state index >= 15 is 0 Å². The summed E-state index contributed by atoms with van der Waals surface area (Å²) in [6.07, 6.45) is 0. The molecular formula is C9H4ClF2NS. The Morgan fingerprint density at radius 2 is 2.00 bits per heavy atom. The highest BCUT2D eigenvalue weighted by Gasteiger charge is 2.07. The van der Waals surface area contributed by atoms with E-state index in [2.05, 4.69) is 4.98 Å². The summed E-state index contributed by atoms with van der Waals surface area (Å²) in [7, 11) is 0. The molecule has 0 atom stereocenters. The molecule has 0 spiro atoms. The molecule has 0 saturated heterocycles. The van der Waals surface area contributed by atoms with Gasteiger partial charge in [0.1, 0.15) is 10.2 Å². The molecule has 0 saturated carbocycles. The fraction of sp³-hybridized carbons (Fsp3) is 0. The van der Waals surface area contributed by atoms with Crippen LogP contribution in [0.2, 0.25) is 5.15 Å². The number of rotatable bonds is 1. The molecule has 0 aliphatic carbocycles. The van der Waals surface area contributed by atoms with Crippen LogP contribution in [-0.4, -0.2) is 4.98 Å². The van der Waals surface area contributed by atoms with E-state index in [1.165, 1.54) is 17.4 Å². The zero-order valence-electron chi connectivity index (χ0n) is 6.80. The number of aromatic nitrogens is 1. The number of hydrogen-bond acceptors (Lipinski definition) is 2. The monoisotopic (exact) mass is 231 g/mol. The van der Waals surface area contributed by atoms with E-state index in [1.807, 2.05) is 0 Å². The van der Waals surface area contributed by atoms with Gasteiger partial charge in [-0.3, -0.25) is 0 Å². The third-order valence-electron chi connectivity index (χ3n) is 1.64. The summed E-state index contributed by atoms with van der Waals surface area (Å²) in [6, 6.07) is 3.64. The molecule has 0 radical (unpaired) electrons. The highest BCUT2D eigenvalue weighted by atomic mass is 35.5. The predicted octanol–water partition coefficient (Wildman–Crippen LogP) is 3.74. The van der Waals surface area contributed by atoms with Crippen LogP contribution >= 0.6 is 22.9 Å². The van der Waals surface area contributed by atoms with Crippen molar-refractivity contribution >= 4 is 22.9 Å². The maximum Gasteiger partial charge on any atom is 0.159 e. The second-order valence-electron chi connectivity index (χ2n) is 2.60. The topological polar surface area (TPSA) is 12.9 Å². The molecule has 1 aromatic heterocycles. The minimum Gasteiger partial charge on any atom is -0.224 e. The van der Waals surface area contributed by atoms with Crippen LogP contribution in [0.1, 0.15) is 0 Å². The quantitative estimate of drug-likeness (QED) is 0.729. The van der Waals surface area contributed by atoms with E-state index in [0.29, 0.717) is 15.7 Å². The van der Waals surface area contributed by atoms with Crippen LogP contribution in [0.5, 0.6) is 0 Å². The number of halogens is 3. The van der Waals surface area contributed by atoms with Crippen molar-refractivity contribution in [1.29, 1.82) is 0 Å². The SMILES string of the molecule is Fc1ccc(-c2nc(Cl)cs2)cc1F. The Morgan fingerprint density at radius 1 is 1.21 bits per heavy atom. The van der Waals surface area contributed by atoms with Gasteiger partial charge < -0.3 is 0 Å². The molecule has 5 heteroatoms. The second-order valence-corrected chi connectivity index (χ2v) is 3.85. The molecule has 0 aliphatic heterocycles. The zero-order chi connectivity index (χ0) is 10.1. The van der Waals surface area contributed by atoms with Crippen LogP contribution in [0.3, 0.4) is 0 Å². The lowest BCUT2D eigenvalue weighted by Crippen LogP contribution is -1.84. The Morgan fingerprint density at radius 3 is 2.57 bits per heavy atom. The van der Waals surface area contributed by atoms with Crippen molar-refractivity contribution in [3.63, 3.8) is 0 Å². The Bertz CT molecular complexity index is 470. The van der Waals surface area contributed by atoms with Crippen molar-refractivity contribution < 1.29 is 8.78 Å². The summed E-state index contributed by atoms with van der Waals surface area (Å²) in [5.74, 6) is -1.75. The lowest BCUT2D eigenvalue weighted by Gasteiger charge is -1.96. The Hall–Kier alpha value is -1.00. The zero-order valence-corrected chi connectivity index (χ0v) is 8.37. The van der Waals surface area contributed by atoms with Crippen molar-refractivity contribution in [2.75, 3.05) is 0 Å². The lowest BCUT2D eigenvalue weighted by atomic mass is 10.2. The number of nitrogens with zero attached hydrogens (tertiary/aromatic N) is 1. The normalized spacial score (nSPS) is 10.5. The van der Waals surface area contributed by atoms with E-state index < -0.39 is 11.6 Å². The summed E-state index contributed by atoms with van der Waals surface area (Å²) in [6.45, 7) is 0. The van der Waals surface area contributed by atoms with Gasteiger partial charge in [-0.2, -0.15) is 0 Å². The number of thiazole rings is 1. The highest BCUT2D eigenvalue weighted by Crippen LogP contribution is 2.26. The molecule has 0 aliphatic rings. The van der Waals surface area contributed by atoms with Crippen molar-refractivity contribution in [3.05, 3.63) is 40.4 Å². The first-order chi connectivity index (χ1) is 6.66. The first-order valence-electron chi connectivity index (χ1n) is 3.73. The van der Waals surface area contributed by atoms with E-state index in [-0.39, 0.29) is 0 Å². The van der Waals surface area contributed by atoms with Gasteiger partial charge in [0.2, 0.25) is 0 Å². The Kier molecular flexibility index (Phi) is 2.48. The Labute approximate surface area is 88.0 Å². The standard InChI is InChI=1S/C9H4ClF2NS/c10-8-4-14-9(13-8)5-1-2-6(11)7(12)3-5/h1-4H. The van der Waals surface area contributed by atoms with Gasteiger partial charge in [-0.05, 0) is 18.2 Å². The van der Waals surface area contributed by atoms with Gasteiger partial charge in [-0.15, -0.1) is 11.3 Å². The summed E-state index contributed by atoms with van der Waals surface area (Å²) in [4.78, 5) is 3.95. The van der Waals surface area contributed by atoms with Gasteiger partial charge in [0.05, 0.1) is 0 Å². The van der Waals surface area contributed by atoms with E-state index in [9.17, 15) is 8.78 Å². The van der Waals surface area contributed by atoms with Gasteiger partial charge in [-0.1, -0.05) is 11.6 Å². The fourth-order valence-electron chi connectivity index (χ4n) is 1.02. The molecule has 0 unspecified atom stereocenters. The van der Waals surface area contributed by atoms with Crippen LogP contribution in [0.15, 0.2) is 23.6 Å². The first-order valence-corrected chi connectivity index (χ1v) is 4.99. The lowest BCUT2D eigenvalue weighted by molar-refractivity contribution is 0.509. The predicted molar refractivity (Wildman–Crippen MR) is 52.5 cm³/mol. The summed E-state index contributed by atoms with van der Waals surface area (Å²) >= 11 is 6.90. The molecule has 2 rings (SSSR count). The van der Waals surface area contributed by atoms with Gasteiger partial charge in [-0.25, -0.2) is 13.8 Å². The Balaban J connectivity index is 2.47. The number of benzene rings is 1. The molecule has 1 aromatic carbocycles. The minimum atomic E-state index is -0.881. The molecule has 14 heavy (non-hydrogen) atoms. The van der Waals surface area contributed by atoms with Crippen molar-refractivity contribution in [3.8, 4) is 10.6 Å². The van der Waals surface area contributed by atoms with Crippen LogP contribution in [-0.2, 0) is 0 Å². The molecule has 0 amide bonds. The molecule has 1 heterocycles. The average molecular weight is 232 g/mol. The summed E-state index contributed by atoms with van der Waals surface area (Å²) in [5, 5.41) is 2.57. The largest absolute Gasteiger partial charge is 0.224 e. The molecule has 1 nitrogen and oxygen atoms in total. The third-order valence-corrected chi connectivity index (χ3v) is 2.86. The third kappa shape index (κ3) is 1.76. The maximum absolute atomic E-state index is 12.8. The van der Waals surface area contributed by atoms with Gasteiger partial charge in [0, 0.05) is 10.9 Å². The molecule has 2 aromatic rings. The molecule has 0 fully saturated rings. The van der Waals surface area contributed by atoms with Crippen molar-refractivity contribution in [2.45, 2.75) is 0 Å². The molecule has 72 valence electrons. The van der Waals surface area contributed by atoms with Gasteiger partial charge in [0.25, 0.3) is 0 Å². The summed E-state index contributed by atoms with van der Waals surface area (Å²) < 4.78 is 25.4. The smallest absolute Gasteiger partial charge is 0.159 e. The van der Waals surface area contributed by atoms with Crippen LogP contribution < -0.4 is 0 Å². The summed E-state index contributed by atoms with van der Waals surface area (Å²) in [5.41, 5.74) is 0.529. The van der Waals surface area contributed by atoms with Gasteiger partial charge in [0.15, 0.2) is 11.6 Å². The maximum atomic E-state index is 12.8. The average Bonchev–Trinajstić information content (AvgIpc) is 2.57. The minimum absolute atomic E-state index is 0.356. The molecule has 0 N–H and O–H groups in total. The van der Waals surface area contributed by atoms with E-state index in [4.69, 9.17) is 11.6 Å². The fourth-order valence-corrected chi connectivity index (χ4v) is 1.96.